The van der Waals surface area contributed by atoms with Crippen molar-refractivity contribution in [3.05, 3.63) is 58.4 Å². The first kappa shape index (κ1) is 30.1. The van der Waals surface area contributed by atoms with Crippen LogP contribution >= 0.6 is 11.6 Å². The number of halogens is 4. The summed E-state index contributed by atoms with van der Waals surface area (Å²) in [6.45, 7) is 5.72. The van der Waals surface area contributed by atoms with E-state index in [1.54, 1.807) is 20.8 Å². The molecule has 1 saturated carbocycles. The summed E-state index contributed by atoms with van der Waals surface area (Å²) in [4.78, 5) is 18.0. The normalized spacial score (nSPS) is 17.5. The van der Waals surface area contributed by atoms with E-state index in [0.29, 0.717) is 12.8 Å². The van der Waals surface area contributed by atoms with Crippen molar-refractivity contribution in [3.63, 3.8) is 0 Å². The first-order chi connectivity index (χ1) is 19.5. The van der Waals surface area contributed by atoms with Gasteiger partial charge in [-0.25, -0.2) is 13.2 Å². The zero-order chi connectivity index (χ0) is 30.7. The van der Waals surface area contributed by atoms with Crippen molar-refractivity contribution in [1.29, 1.82) is 0 Å². The number of hydrogen-bond donors (Lipinski definition) is 2. The summed E-state index contributed by atoms with van der Waals surface area (Å²) in [7, 11) is -4.01. The zero-order valence-electron chi connectivity index (χ0n) is 23.1. The van der Waals surface area contributed by atoms with Gasteiger partial charge in [-0.3, -0.25) is 5.10 Å². The molecule has 0 atom stereocenters. The Kier molecular flexibility index (Phi) is 7.47. The van der Waals surface area contributed by atoms with E-state index in [0.717, 1.165) is 6.07 Å². The number of piperazine rings is 1. The van der Waals surface area contributed by atoms with E-state index in [2.05, 4.69) is 15.2 Å². The molecule has 1 aromatic heterocycles. The second kappa shape index (κ2) is 10.4. The molecule has 226 valence electrons. The minimum atomic E-state index is -4.74. The molecule has 0 radical (unpaired) electrons. The highest BCUT2D eigenvalue weighted by Gasteiger charge is 2.57. The molecule has 1 saturated heterocycles. The molecule has 3 N–H and O–H groups in total. The van der Waals surface area contributed by atoms with Crippen molar-refractivity contribution in [1.82, 2.24) is 24.4 Å². The van der Waals surface area contributed by atoms with Crippen molar-refractivity contribution in [2.45, 2.75) is 62.2 Å². The number of H-pyrrole nitrogens is 1. The summed E-state index contributed by atoms with van der Waals surface area (Å²) in [5.74, 6) is 0.246. The van der Waals surface area contributed by atoms with E-state index in [9.17, 15) is 26.4 Å². The van der Waals surface area contributed by atoms with Crippen molar-refractivity contribution in [2.75, 3.05) is 25.4 Å². The second-order valence-electron chi connectivity index (χ2n) is 11.5. The molecule has 10 nitrogen and oxygen atoms in total. The number of sulfonamides is 1. The monoisotopic (exact) mass is 626 g/mol. The average Bonchev–Trinajstić information content (AvgIpc) is 3.51. The highest BCUT2D eigenvalue weighted by atomic mass is 35.5. The molecular weight excluding hydrogens is 597 g/mol. The van der Waals surface area contributed by atoms with E-state index in [4.69, 9.17) is 22.1 Å². The Balaban J connectivity index is 1.40. The van der Waals surface area contributed by atoms with Gasteiger partial charge in [0.2, 0.25) is 16.0 Å². The number of carbonyl (C=O) groups excluding carboxylic acids is 1. The molecule has 3 aromatic rings. The van der Waals surface area contributed by atoms with Crippen LogP contribution in [0.25, 0.3) is 11.1 Å². The van der Waals surface area contributed by atoms with Crippen LogP contribution in [0.3, 0.4) is 0 Å². The first-order valence-electron chi connectivity index (χ1n) is 13.2. The Morgan fingerprint density at radius 1 is 1.14 bits per heavy atom. The lowest BCUT2D eigenvalue weighted by Gasteiger charge is -2.41. The van der Waals surface area contributed by atoms with Gasteiger partial charge in [0.15, 0.2) is 0 Å². The quantitative estimate of drug-likeness (QED) is 0.403. The van der Waals surface area contributed by atoms with E-state index in [-0.39, 0.29) is 64.4 Å². The smallest absolute Gasteiger partial charge is 0.417 e. The van der Waals surface area contributed by atoms with Gasteiger partial charge in [-0.05, 0) is 69.0 Å². The highest BCUT2D eigenvalue weighted by molar-refractivity contribution is 7.89. The molecule has 1 spiro atoms. The van der Waals surface area contributed by atoms with Crippen LogP contribution < -0.4 is 5.73 Å². The van der Waals surface area contributed by atoms with Gasteiger partial charge in [-0.1, -0.05) is 23.7 Å². The molecule has 1 amide bonds. The number of amides is 1. The summed E-state index contributed by atoms with van der Waals surface area (Å²) >= 11 is 6.38. The van der Waals surface area contributed by atoms with Crippen LogP contribution in [0.15, 0.2) is 41.3 Å². The molecule has 1 aliphatic heterocycles. The van der Waals surface area contributed by atoms with Crippen LogP contribution in [-0.4, -0.2) is 69.7 Å². The van der Waals surface area contributed by atoms with Crippen molar-refractivity contribution >= 4 is 33.7 Å². The summed E-state index contributed by atoms with van der Waals surface area (Å²) in [6.07, 6.45) is -4.08. The lowest BCUT2D eigenvalue weighted by Crippen LogP contribution is -2.58. The maximum Gasteiger partial charge on any atom is 0.417 e. The summed E-state index contributed by atoms with van der Waals surface area (Å²) in [5.41, 5.74) is 3.18. The maximum atomic E-state index is 14.2. The number of hydrogen-bond acceptors (Lipinski definition) is 7. The van der Waals surface area contributed by atoms with Gasteiger partial charge in [0, 0.05) is 36.6 Å². The molecule has 1 aliphatic carbocycles. The minimum Gasteiger partial charge on any atom is -0.444 e. The molecule has 5 rings (SSSR count). The van der Waals surface area contributed by atoms with E-state index in [1.807, 2.05) is 0 Å². The fraction of sp³-hybridized carbons (Fsp3) is 0.444. The number of carbonyl (C=O) groups is 1. The summed E-state index contributed by atoms with van der Waals surface area (Å²) < 4.78 is 76.7. The number of nitrogens with two attached hydrogens (primary N) is 1. The van der Waals surface area contributed by atoms with Crippen LogP contribution in [0.4, 0.5) is 23.9 Å². The number of aromatic nitrogens is 3. The number of nitrogen functional groups attached to an aromatic ring is 1. The molecule has 15 heteroatoms. The third-order valence-corrected chi connectivity index (χ3v) is 9.49. The molecular formula is C27H30ClF3N6O4S. The standard InChI is InChI=1S/C27H30ClF3N6O4S/c1-25(2,3)41-24(38)36-10-11-37(26(15-36)8-9-26)42(39,40)18-6-4-17(5-7-18)22-19(27(29,30)31)12-16(13-20(22)28)14-21-33-23(32)35-34-21/h4-7,12-13H,8-11,14-15H2,1-3H3,(H3,32,33,34,35). The summed E-state index contributed by atoms with van der Waals surface area (Å²) in [6, 6.07) is 7.57. The largest absolute Gasteiger partial charge is 0.444 e. The molecule has 42 heavy (non-hydrogen) atoms. The van der Waals surface area contributed by atoms with Gasteiger partial charge in [-0.2, -0.15) is 22.5 Å². The van der Waals surface area contributed by atoms with Gasteiger partial charge in [-0.15, -0.1) is 5.10 Å². The number of aromatic amines is 1. The topological polar surface area (TPSA) is 135 Å². The van der Waals surface area contributed by atoms with Crippen LogP contribution in [-0.2, 0) is 27.4 Å². The number of alkyl halides is 3. The molecule has 2 fully saturated rings. The number of rotatable bonds is 5. The number of benzene rings is 2. The molecule has 2 heterocycles. The fourth-order valence-corrected chi connectivity index (χ4v) is 7.31. The van der Waals surface area contributed by atoms with E-state index < -0.39 is 39.0 Å². The predicted octanol–water partition coefficient (Wildman–Crippen LogP) is 5.09. The van der Waals surface area contributed by atoms with Crippen molar-refractivity contribution < 1.29 is 31.1 Å². The third kappa shape index (κ3) is 6.06. The predicted molar refractivity (Wildman–Crippen MR) is 149 cm³/mol. The number of anilines is 1. The highest BCUT2D eigenvalue weighted by Crippen LogP contribution is 2.47. The van der Waals surface area contributed by atoms with Crippen molar-refractivity contribution in [2.24, 2.45) is 0 Å². The zero-order valence-corrected chi connectivity index (χ0v) is 24.7. The Labute approximate surface area is 246 Å². The lowest BCUT2D eigenvalue weighted by molar-refractivity contribution is -0.137. The fourth-order valence-electron chi connectivity index (χ4n) is 5.16. The van der Waals surface area contributed by atoms with Crippen molar-refractivity contribution in [3.8, 4) is 11.1 Å². The van der Waals surface area contributed by atoms with Crippen LogP contribution in [0.1, 0.15) is 50.6 Å². The van der Waals surface area contributed by atoms with Crippen LogP contribution in [0.2, 0.25) is 5.02 Å². The SMILES string of the molecule is CC(C)(C)OC(=O)N1CCN(S(=O)(=O)c2ccc(-c3c(Cl)cc(Cc4nc(N)n[nH]4)cc3C(F)(F)F)cc2)C2(CC2)C1. The number of nitrogens with zero attached hydrogens (tertiary/aromatic N) is 4. The first-order valence-corrected chi connectivity index (χ1v) is 15.0. The minimum absolute atomic E-state index is 0.00655. The number of nitrogens with one attached hydrogen (secondary N) is 1. The molecule has 2 aliphatic rings. The number of ether oxygens (including phenoxy) is 1. The maximum absolute atomic E-state index is 14.2. The second-order valence-corrected chi connectivity index (χ2v) is 13.8. The van der Waals surface area contributed by atoms with E-state index in [1.165, 1.54) is 39.5 Å². The van der Waals surface area contributed by atoms with Gasteiger partial charge < -0.3 is 15.4 Å². The lowest BCUT2D eigenvalue weighted by atomic mass is 9.96. The Hall–Kier alpha value is -3.36. The Morgan fingerprint density at radius 3 is 2.36 bits per heavy atom. The Bertz CT molecular complexity index is 1620. The van der Waals surface area contributed by atoms with Crippen LogP contribution in [0, 0.1) is 0 Å². The average molecular weight is 627 g/mol. The van der Waals surface area contributed by atoms with Gasteiger partial charge in [0.05, 0.1) is 16.0 Å². The molecule has 0 unspecified atom stereocenters. The van der Waals surface area contributed by atoms with Gasteiger partial charge in [0.25, 0.3) is 0 Å². The Morgan fingerprint density at radius 2 is 1.81 bits per heavy atom. The van der Waals surface area contributed by atoms with Gasteiger partial charge >= 0.3 is 12.3 Å². The van der Waals surface area contributed by atoms with E-state index >= 15 is 0 Å². The molecule has 2 aromatic carbocycles. The molecule has 0 bridgehead atoms. The summed E-state index contributed by atoms with van der Waals surface area (Å²) in [5, 5.41) is 6.08. The third-order valence-electron chi connectivity index (χ3n) is 7.17. The van der Waals surface area contributed by atoms with Gasteiger partial charge in [0.1, 0.15) is 11.4 Å². The van der Waals surface area contributed by atoms with Crippen LogP contribution in [0.5, 0.6) is 0 Å².